The van der Waals surface area contributed by atoms with Crippen molar-refractivity contribution in [2.75, 3.05) is 0 Å². The second-order valence-corrected chi connectivity index (χ2v) is 9.34. The van der Waals surface area contributed by atoms with Crippen LogP contribution in [0.3, 0.4) is 0 Å². The van der Waals surface area contributed by atoms with Crippen molar-refractivity contribution in [3.05, 3.63) is 60.6 Å². The van der Waals surface area contributed by atoms with Crippen LogP contribution in [0, 0.1) is 5.82 Å². The first kappa shape index (κ1) is 27.9. The number of H-pyrrole nitrogens is 1. The topological polar surface area (TPSA) is 94.1 Å². The number of fused-ring (bicyclic) bond motifs is 1. The predicted molar refractivity (Wildman–Crippen MR) is 148 cm³/mol. The van der Waals surface area contributed by atoms with Gasteiger partial charge in [0.2, 0.25) is 11.7 Å². The highest BCUT2D eigenvalue weighted by Gasteiger charge is 2.30. The average molecular weight is 580 g/mol. The number of ether oxygens (including phenoxy) is 1. The summed E-state index contributed by atoms with van der Waals surface area (Å²) in [6.07, 6.45) is 12.1. The maximum absolute atomic E-state index is 15.2. The first-order valence-corrected chi connectivity index (χ1v) is 12.0. The number of halogens is 4. The van der Waals surface area contributed by atoms with Crippen LogP contribution < -0.4 is 4.74 Å². The fourth-order valence-corrected chi connectivity index (χ4v) is 4.82. The molecule has 4 aromatic heterocycles. The molecule has 1 aromatic carbocycles. The fourth-order valence-electron chi connectivity index (χ4n) is 4.82. The van der Waals surface area contributed by atoms with E-state index in [0.29, 0.717) is 34.6 Å². The molecule has 0 radical (unpaired) electrons. The van der Waals surface area contributed by atoms with Gasteiger partial charge in [0.25, 0.3) is 0 Å². The summed E-state index contributed by atoms with van der Waals surface area (Å²) in [5, 5.41) is 11.3. The molecule has 0 aliphatic heterocycles. The molecule has 7 rings (SSSR count). The summed E-state index contributed by atoms with van der Waals surface area (Å²) in [6, 6.07) is 8.89. The number of nitrogens with one attached hydrogen (secondary N) is 1. The van der Waals surface area contributed by atoms with Crippen LogP contribution in [0.2, 0.25) is 0 Å². The van der Waals surface area contributed by atoms with Crippen LogP contribution in [-0.2, 0) is 0 Å². The molecule has 200 valence electrons. The second kappa shape index (κ2) is 11.3. The summed E-state index contributed by atoms with van der Waals surface area (Å²) in [5.74, 6) is 1.78. The lowest BCUT2D eigenvalue weighted by molar-refractivity contribution is 0.209. The highest BCUT2D eigenvalue weighted by Crippen LogP contribution is 2.40. The third-order valence-electron chi connectivity index (χ3n) is 6.87. The molecule has 5 aromatic rings. The molecule has 0 amide bonds. The zero-order valence-corrected chi connectivity index (χ0v) is 22.6. The number of rotatable bonds is 6. The van der Waals surface area contributed by atoms with Crippen LogP contribution >= 0.6 is 37.2 Å². The van der Waals surface area contributed by atoms with E-state index in [1.807, 2.05) is 28.8 Å². The third-order valence-corrected chi connectivity index (χ3v) is 6.87. The largest absolute Gasteiger partial charge is 0.490 e. The Labute approximate surface area is 236 Å². The van der Waals surface area contributed by atoms with Crippen LogP contribution in [0.4, 0.5) is 4.39 Å². The minimum absolute atomic E-state index is 0. The Morgan fingerprint density at radius 3 is 2.55 bits per heavy atom. The van der Waals surface area contributed by atoms with E-state index in [-0.39, 0.29) is 49.1 Å². The lowest BCUT2D eigenvalue weighted by Crippen LogP contribution is -2.10. The van der Waals surface area contributed by atoms with Gasteiger partial charge in [0, 0.05) is 34.9 Å². The van der Waals surface area contributed by atoms with Crippen LogP contribution in [0.1, 0.15) is 50.3 Å². The number of benzene rings is 1. The van der Waals surface area contributed by atoms with Crippen molar-refractivity contribution in [2.24, 2.45) is 0 Å². The molecular formula is C26H26Cl3FN6O2. The number of hydrogen-bond donors (Lipinski definition) is 1. The quantitative estimate of drug-likeness (QED) is 0.232. The Kier molecular flexibility index (Phi) is 8.30. The Bertz CT molecular complexity index is 1540. The number of pyridine rings is 1. The van der Waals surface area contributed by atoms with Gasteiger partial charge < -0.3 is 9.26 Å². The number of aromatic amines is 1. The molecule has 1 N–H and O–H groups in total. The van der Waals surface area contributed by atoms with Gasteiger partial charge in [-0.3, -0.25) is 9.50 Å². The van der Waals surface area contributed by atoms with E-state index in [2.05, 4.69) is 25.3 Å². The highest BCUT2D eigenvalue weighted by atomic mass is 35.5. The molecule has 0 spiro atoms. The molecule has 0 unspecified atom stereocenters. The fraction of sp³-hybridized carbons (Fsp3) is 0.308. The second-order valence-electron chi connectivity index (χ2n) is 9.34. The maximum atomic E-state index is 15.2. The van der Waals surface area contributed by atoms with E-state index in [0.717, 1.165) is 48.2 Å². The summed E-state index contributed by atoms with van der Waals surface area (Å²) >= 11 is 0. The Morgan fingerprint density at radius 2 is 1.79 bits per heavy atom. The van der Waals surface area contributed by atoms with E-state index >= 15 is 4.39 Å². The first-order valence-electron chi connectivity index (χ1n) is 12.0. The van der Waals surface area contributed by atoms with Crippen LogP contribution in [0.5, 0.6) is 5.75 Å². The first-order chi connectivity index (χ1) is 17.2. The summed E-state index contributed by atoms with van der Waals surface area (Å²) in [6.45, 7) is 0. The van der Waals surface area contributed by atoms with Crippen molar-refractivity contribution in [2.45, 2.75) is 50.5 Å². The molecule has 2 aliphatic rings. The number of hydrogen-bond acceptors (Lipinski definition) is 6. The van der Waals surface area contributed by atoms with Crippen LogP contribution in [-0.4, -0.2) is 35.8 Å². The highest BCUT2D eigenvalue weighted by molar-refractivity contribution is 5.86. The molecule has 38 heavy (non-hydrogen) atoms. The molecule has 2 aliphatic carbocycles. The van der Waals surface area contributed by atoms with Gasteiger partial charge in [0.15, 0.2) is 0 Å². The minimum atomic E-state index is -0.352. The van der Waals surface area contributed by atoms with Gasteiger partial charge in [-0.2, -0.15) is 10.1 Å². The maximum Gasteiger partial charge on any atom is 0.230 e. The third kappa shape index (κ3) is 5.10. The van der Waals surface area contributed by atoms with Crippen LogP contribution in [0.15, 0.2) is 53.4 Å². The van der Waals surface area contributed by atoms with Gasteiger partial charge in [-0.25, -0.2) is 9.37 Å². The predicted octanol–water partition coefficient (Wildman–Crippen LogP) is 7.04. The monoisotopic (exact) mass is 578 g/mol. The SMILES string of the molecule is Cl.Cl.Cl.Fc1cc(OC2CCCC2)ccc1-c1[nH]ncc1-c1ccc2ncc(-c3noc(C4CC4)n3)n2c1. The molecule has 0 saturated heterocycles. The molecule has 2 saturated carbocycles. The zero-order chi connectivity index (χ0) is 23.4. The number of imidazole rings is 1. The summed E-state index contributed by atoms with van der Waals surface area (Å²) < 4.78 is 28.5. The summed E-state index contributed by atoms with van der Waals surface area (Å²) in [5.41, 5.74) is 4.17. The minimum Gasteiger partial charge on any atom is -0.490 e. The Balaban J connectivity index is 0.00000112. The van der Waals surface area contributed by atoms with E-state index in [1.165, 1.54) is 18.9 Å². The van der Waals surface area contributed by atoms with E-state index in [9.17, 15) is 0 Å². The summed E-state index contributed by atoms with van der Waals surface area (Å²) in [4.78, 5) is 9.04. The molecular weight excluding hydrogens is 554 g/mol. The van der Waals surface area contributed by atoms with E-state index < -0.39 is 0 Å². The van der Waals surface area contributed by atoms with Crippen molar-refractivity contribution < 1.29 is 13.7 Å². The van der Waals surface area contributed by atoms with E-state index in [1.54, 1.807) is 18.5 Å². The Hall–Kier alpha value is -3.14. The van der Waals surface area contributed by atoms with Gasteiger partial charge in [-0.15, -0.1) is 37.2 Å². The molecule has 0 atom stereocenters. The van der Waals surface area contributed by atoms with Crippen molar-refractivity contribution in [3.8, 4) is 39.7 Å². The van der Waals surface area contributed by atoms with E-state index in [4.69, 9.17) is 9.26 Å². The smallest absolute Gasteiger partial charge is 0.230 e. The zero-order valence-electron chi connectivity index (χ0n) is 20.2. The lowest BCUT2D eigenvalue weighted by atomic mass is 10.0. The normalized spacial score (nSPS) is 15.1. The Morgan fingerprint density at radius 1 is 0.974 bits per heavy atom. The lowest BCUT2D eigenvalue weighted by Gasteiger charge is -2.14. The number of aromatic nitrogens is 6. The van der Waals surface area contributed by atoms with Crippen LogP contribution in [0.25, 0.3) is 39.5 Å². The molecule has 2 fully saturated rings. The average Bonchev–Trinajstić information content (AvgIpc) is 3.32. The van der Waals surface area contributed by atoms with Gasteiger partial charge in [-0.1, -0.05) is 5.16 Å². The van der Waals surface area contributed by atoms with Crippen molar-refractivity contribution >= 4 is 42.9 Å². The van der Waals surface area contributed by atoms with Gasteiger partial charge in [-0.05, 0) is 62.8 Å². The van der Waals surface area contributed by atoms with Gasteiger partial charge in [0.05, 0.1) is 24.2 Å². The van der Waals surface area contributed by atoms with Gasteiger partial charge >= 0.3 is 0 Å². The van der Waals surface area contributed by atoms with Crippen molar-refractivity contribution in [1.82, 2.24) is 29.7 Å². The number of nitrogens with zero attached hydrogens (tertiary/aromatic N) is 5. The standard InChI is InChI=1S/C26H23FN6O2.3ClH/c27-21-11-18(34-17-3-1-2-4-17)8-9-19(21)24-20(12-29-31-24)16-7-10-23-28-13-22(33(23)14-16)25-30-26(35-32-25)15-5-6-15;;;/h7-15,17H,1-6H2,(H,29,31);3*1H. The summed E-state index contributed by atoms with van der Waals surface area (Å²) in [7, 11) is 0. The molecule has 0 bridgehead atoms. The van der Waals surface area contributed by atoms with Gasteiger partial charge in [0.1, 0.15) is 22.9 Å². The molecule has 4 heterocycles. The van der Waals surface area contributed by atoms with Crippen molar-refractivity contribution in [1.29, 1.82) is 0 Å². The van der Waals surface area contributed by atoms with Crippen molar-refractivity contribution in [3.63, 3.8) is 0 Å². The molecule has 8 nitrogen and oxygen atoms in total. The molecule has 12 heteroatoms.